The summed E-state index contributed by atoms with van der Waals surface area (Å²) in [7, 11) is 0. The van der Waals surface area contributed by atoms with Gasteiger partial charge in [-0.05, 0) is 44.4 Å². The summed E-state index contributed by atoms with van der Waals surface area (Å²) in [4.78, 5) is 10.3. The molecule has 3 saturated carbocycles. The molecule has 0 radical (unpaired) electrons. The first kappa shape index (κ1) is 29.7. The molecule has 1 aromatic rings. The number of aromatic nitrogens is 2. The molecule has 1 aromatic heterocycles. The molecule has 0 amide bonds. The molecule has 2 N–H and O–H groups in total. The van der Waals surface area contributed by atoms with Crippen molar-refractivity contribution in [1.82, 2.24) is 9.97 Å². The Morgan fingerprint density at radius 1 is 0.447 bits per heavy atom. The molecule has 0 aromatic carbocycles. The zero-order chi connectivity index (χ0) is 26.1. The van der Waals surface area contributed by atoms with E-state index in [-0.39, 0.29) is 0 Å². The van der Waals surface area contributed by atoms with Crippen LogP contribution in [0.5, 0.6) is 0 Å². The second kappa shape index (κ2) is 18.1. The number of nitrogens with zero attached hydrogens (tertiary/aromatic N) is 2. The van der Waals surface area contributed by atoms with E-state index >= 15 is 0 Å². The highest BCUT2D eigenvalue weighted by atomic mass is 15.2. The number of rotatable bonds is 5. The first-order chi connectivity index (χ1) is 18.9. The maximum Gasteiger partial charge on any atom is 0.224 e. The van der Waals surface area contributed by atoms with Crippen LogP contribution in [-0.4, -0.2) is 22.1 Å². The quantitative estimate of drug-likeness (QED) is 0.402. The van der Waals surface area contributed by atoms with Crippen molar-refractivity contribution in [2.75, 3.05) is 10.6 Å². The lowest BCUT2D eigenvalue weighted by atomic mass is 9.87. The molecule has 3 aliphatic rings. The van der Waals surface area contributed by atoms with E-state index in [1.165, 1.54) is 185 Å². The SMILES string of the molecule is c1nc(NC2CCCCCCCC2)nc(NC2CCCCCCCCCC2)c1C1CCCCCCCCC1. The normalized spacial score (nSPS) is 23.8. The van der Waals surface area contributed by atoms with Gasteiger partial charge in [-0.3, -0.25) is 0 Å². The van der Waals surface area contributed by atoms with Crippen molar-refractivity contribution in [3.05, 3.63) is 11.8 Å². The monoisotopic (exact) mass is 524 g/mol. The third-order valence-corrected chi connectivity index (χ3v) is 9.75. The van der Waals surface area contributed by atoms with Crippen LogP contribution in [-0.2, 0) is 0 Å². The van der Waals surface area contributed by atoms with Gasteiger partial charge in [-0.25, -0.2) is 4.98 Å². The molecule has 0 atom stereocenters. The van der Waals surface area contributed by atoms with Gasteiger partial charge in [-0.2, -0.15) is 4.98 Å². The molecule has 216 valence electrons. The van der Waals surface area contributed by atoms with Gasteiger partial charge in [0.25, 0.3) is 0 Å². The van der Waals surface area contributed by atoms with Crippen molar-refractivity contribution in [1.29, 1.82) is 0 Å². The van der Waals surface area contributed by atoms with Gasteiger partial charge in [0.1, 0.15) is 5.82 Å². The van der Waals surface area contributed by atoms with Gasteiger partial charge < -0.3 is 10.6 Å². The van der Waals surface area contributed by atoms with E-state index in [1.807, 2.05) is 0 Å². The molecule has 4 nitrogen and oxygen atoms in total. The molecule has 4 rings (SSSR count). The van der Waals surface area contributed by atoms with Gasteiger partial charge in [0.2, 0.25) is 5.95 Å². The van der Waals surface area contributed by atoms with Crippen LogP contribution >= 0.6 is 0 Å². The van der Waals surface area contributed by atoms with Gasteiger partial charge in [-0.1, -0.05) is 135 Å². The van der Waals surface area contributed by atoms with Crippen LogP contribution in [0.15, 0.2) is 6.20 Å². The van der Waals surface area contributed by atoms with Crippen LogP contribution in [0.4, 0.5) is 11.8 Å². The second-order valence-corrected chi connectivity index (χ2v) is 13.0. The Morgan fingerprint density at radius 3 is 1.26 bits per heavy atom. The lowest BCUT2D eigenvalue weighted by molar-refractivity contribution is 0.461. The van der Waals surface area contributed by atoms with Crippen LogP contribution in [0, 0.1) is 0 Å². The van der Waals surface area contributed by atoms with Gasteiger partial charge in [0.15, 0.2) is 0 Å². The number of nitrogens with one attached hydrogen (secondary N) is 2. The average Bonchev–Trinajstić information content (AvgIpc) is 3.02. The molecule has 0 unspecified atom stereocenters. The third-order valence-electron chi connectivity index (χ3n) is 9.75. The summed E-state index contributed by atoms with van der Waals surface area (Å²) in [6, 6.07) is 1.08. The van der Waals surface area contributed by atoms with Crippen LogP contribution in [0.2, 0.25) is 0 Å². The Labute approximate surface area is 235 Å². The van der Waals surface area contributed by atoms with E-state index in [4.69, 9.17) is 9.97 Å². The summed E-state index contributed by atoms with van der Waals surface area (Å²) >= 11 is 0. The highest BCUT2D eigenvalue weighted by Gasteiger charge is 2.22. The first-order valence-corrected chi connectivity index (χ1v) is 17.3. The second-order valence-electron chi connectivity index (χ2n) is 13.0. The number of anilines is 2. The lowest BCUT2D eigenvalue weighted by Gasteiger charge is -2.26. The molecule has 4 heteroatoms. The number of hydrogen-bond donors (Lipinski definition) is 2. The Bertz CT molecular complexity index is 718. The largest absolute Gasteiger partial charge is 0.367 e. The smallest absolute Gasteiger partial charge is 0.224 e. The predicted octanol–water partition coefficient (Wildman–Crippen LogP) is 10.7. The molecule has 1 heterocycles. The maximum absolute atomic E-state index is 5.29. The van der Waals surface area contributed by atoms with Crippen molar-refractivity contribution < 1.29 is 0 Å². The minimum Gasteiger partial charge on any atom is -0.367 e. The highest BCUT2D eigenvalue weighted by molar-refractivity contribution is 5.50. The predicted molar refractivity (Wildman–Crippen MR) is 164 cm³/mol. The summed E-state index contributed by atoms with van der Waals surface area (Å²) in [6.45, 7) is 0. The molecule has 0 spiro atoms. The Balaban J connectivity index is 1.51. The van der Waals surface area contributed by atoms with Crippen LogP contribution < -0.4 is 10.6 Å². The molecule has 3 fully saturated rings. The average molecular weight is 525 g/mol. The minimum absolute atomic E-state index is 0.526. The van der Waals surface area contributed by atoms with E-state index in [9.17, 15) is 0 Å². The molecule has 0 aliphatic heterocycles. The van der Waals surface area contributed by atoms with Gasteiger partial charge in [0, 0.05) is 23.8 Å². The van der Waals surface area contributed by atoms with Crippen molar-refractivity contribution in [3.63, 3.8) is 0 Å². The molecule has 0 saturated heterocycles. The van der Waals surface area contributed by atoms with Crippen molar-refractivity contribution in [2.24, 2.45) is 0 Å². The van der Waals surface area contributed by atoms with E-state index in [0.29, 0.717) is 18.0 Å². The van der Waals surface area contributed by atoms with E-state index < -0.39 is 0 Å². The summed E-state index contributed by atoms with van der Waals surface area (Å²) < 4.78 is 0. The van der Waals surface area contributed by atoms with Crippen molar-refractivity contribution in [3.8, 4) is 0 Å². The molecular formula is C34H60N4. The molecule has 0 bridgehead atoms. The Hall–Kier alpha value is -1.32. The van der Waals surface area contributed by atoms with Crippen LogP contribution in [0.3, 0.4) is 0 Å². The Kier molecular flexibility index (Phi) is 14.1. The topological polar surface area (TPSA) is 49.8 Å². The first-order valence-electron chi connectivity index (χ1n) is 17.3. The zero-order valence-electron chi connectivity index (χ0n) is 24.8. The fraction of sp³-hybridized carbons (Fsp3) is 0.882. The fourth-order valence-corrected chi connectivity index (χ4v) is 7.28. The molecular weight excluding hydrogens is 464 g/mol. The van der Waals surface area contributed by atoms with Crippen LogP contribution in [0.25, 0.3) is 0 Å². The van der Waals surface area contributed by atoms with E-state index in [0.717, 1.165) is 5.95 Å². The highest BCUT2D eigenvalue weighted by Crippen LogP contribution is 2.35. The van der Waals surface area contributed by atoms with Gasteiger partial charge in [0.05, 0.1) is 0 Å². The fourth-order valence-electron chi connectivity index (χ4n) is 7.28. The molecule has 3 aliphatic carbocycles. The van der Waals surface area contributed by atoms with E-state index in [1.54, 1.807) is 0 Å². The summed E-state index contributed by atoms with van der Waals surface area (Å²) in [5.74, 6) is 2.65. The van der Waals surface area contributed by atoms with Crippen molar-refractivity contribution in [2.45, 2.75) is 191 Å². The van der Waals surface area contributed by atoms with Gasteiger partial charge >= 0.3 is 0 Å². The summed E-state index contributed by atoms with van der Waals surface area (Å²) in [5.41, 5.74) is 1.42. The summed E-state index contributed by atoms with van der Waals surface area (Å²) in [6.07, 6.45) is 39.2. The van der Waals surface area contributed by atoms with Crippen LogP contribution in [0.1, 0.15) is 185 Å². The Morgan fingerprint density at radius 2 is 0.816 bits per heavy atom. The lowest BCUT2D eigenvalue weighted by Crippen LogP contribution is -2.24. The standard InChI is InChI=1S/C34H60N4/c1-2-7-13-19-25-30(24-18-12-6-1)36-33-32(29-22-16-10-4-3-5-11-17-23-29)28-35-34(38-33)37-31-26-20-14-8-9-15-21-27-31/h28-31H,1-27H2,(H2,35,36,37,38). The molecule has 38 heavy (non-hydrogen) atoms. The maximum atomic E-state index is 5.29. The minimum atomic E-state index is 0.526. The summed E-state index contributed by atoms with van der Waals surface area (Å²) in [5, 5.41) is 7.88. The van der Waals surface area contributed by atoms with Gasteiger partial charge in [-0.15, -0.1) is 0 Å². The van der Waals surface area contributed by atoms with E-state index in [2.05, 4.69) is 16.8 Å². The number of hydrogen-bond acceptors (Lipinski definition) is 4. The zero-order valence-corrected chi connectivity index (χ0v) is 24.8. The van der Waals surface area contributed by atoms with Crippen molar-refractivity contribution >= 4 is 11.8 Å². The third kappa shape index (κ3) is 11.0.